The van der Waals surface area contributed by atoms with Gasteiger partial charge in [0, 0.05) is 12.7 Å². The second-order valence-electron chi connectivity index (χ2n) is 5.79. The zero-order valence-electron chi connectivity index (χ0n) is 12.9. The van der Waals surface area contributed by atoms with Crippen molar-refractivity contribution < 1.29 is 14.3 Å². The predicted molar refractivity (Wildman–Crippen MR) is 82.7 cm³/mol. The molecule has 3 rings (SSSR count). The molecule has 6 nitrogen and oxygen atoms in total. The predicted octanol–water partition coefficient (Wildman–Crippen LogP) is 2.15. The molecule has 0 aliphatic carbocycles. The summed E-state index contributed by atoms with van der Waals surface area (Å²) in [6, 6.07) is 5.64. The monoisotopic (exact) mass is 303 g/mol. The highest BCUT2D eigenvalue weighted by Crippen LogP contribution is 2.24. The Balaban J connectivity index is 1.67. The number of hydrogen-bond donors (Lipinski definition) is 2. The summed E-state index contributed by atoms with van der Waals surface area (Å²) < 4.78 is 10.8. The molecule has 2 heterocycles. The van der Waals surface area contributed by atoms with Gasteiger partial charge >= 0.3 is 0 Å². The fraction of sp³-hybridized carbons (Fsp3) is 0.500. The van der Waals surface area contributed by atoms with Gasteiger partial charge in [-0.05, 0) is 38.3 Å². The summed E-state index contributed by atoms with van der Waals surface area (Å²) in [6.45, 7) is 2.86. The second kappa shape index (κ2) is 5.96. The number of nitrogens with one attached hydrogen (secondary N) is 2. The lowest BCUT2D eigenvalue weighted by atomic mass is 9.95. The molecule has 2 N–H and O–H groups in total. The zero-order valence-corrected chi connectivity index (χ0v) is 12.9. The van der Waals surface area contributed by atoms with E-state index in [-0.39, 0.29) is 5.91 Å². The van der Waals surface area contributed by atoms with Crippen molar-refractivity contribution in [2.24, 2.45) is 0 Å². The topological polar surface area (TPSA) is 76.2 Å². The smallest absolute Gasteiger partial charge is 0.252 e. The fourth-order valence-electron chi connectivity index (χ4n) is 2.72. The van der Waals surface area contributed by atoms with E-state index in [0.717, 1.165) is 41.9 Å². The van der Waals surface area contributed by atoms with Crippen molar-refractivity contribution in [2.45, 2.75) is 38.3 Å². The number of fused-ring (bicyclic) bond motifs is 1. The quantitative estimate of drug-likeness (QED) is 0.907. The number of aromatic nitrogens is 2. The average molecular weight is 303 g/mol. The van der Waals surface area contributed by atoms with Crippen LogP contribution in [-0.4, -0.2) is 35.2 Å². The molecule has 1 aliphatic rings. The first-order valence-electron chi connectivity index (χ1n) is 7.56. The summed E-state index contributed by atoms with van der Waals surface area (Å²) in [7, 11) is 1.63. The molecular weight excluding hydrogens is 282 g/mol. The van der Waals surface area contributed by atoms with Crippen molar-refractivity contribution in [2.75, 3.05) is 13.7 Å². The van der Waals surface area contributed by atoms with E-state index in [0.29, 0.717) is 13.2 Å². The number of rotatable bonds is 4. The molecule has 118 valence electrons. The maximum Gasteiger partial charge on any atom is 0.252 e. The van der Waals surface area contributed by atoms with Gasteiger partial charge in [0.1, 0.15) is 17.2 Å². The number of aromatic amines is 1. The molecule has 0 radical (unpaired) electrons. The molecule has 1 amide bonds. The SMILES string of the molecule is COc1ccc2nc(CNC(=O)[C@]3(C)CCCCO3)[nH]c2c1. The lowest BCUT2D eigenvalue weighted by molar-refractivity contribution is -0.150. The van der Waals surface area contributed by atoms with E-state index in [1.807, 2.05) is 25.1 Å². The van der Waals surface area contributed by atoms with Gasteiger partial charge in [-0.2, -0.15) is 0 Å². The van der Waals surface area contributed by atoms with Gasteiger partial charge < -0.3 is 19.8 Å². The van der Waals surface area contributed by atoms with E-state index in [9.17, 15) is 4.79 Å². The van der Waals surface area contributed by atoms with E-state index in [1.54, 1.807) is 7.11 Å². The van der Waals surface area contributed by atoms with Gasteiger partial charge in [0.05, 0.1) is 24.7 Å². The Labute approximate surface area is 129 Å². The molecular formula is C16H21N3O3. The van der Waals surface area contributed by atoms with Crippen LogP contribution in [0, 0.1) is 0 Å². The minimum atomic E-state index is -0.715. The molecule has 1 fully saturated rings. The molecule has 0 saturated carbocycles. The summed E-state index contributed by atoms with van der Waals surface area (Å²) in [5, 5.41) is 2.91. The number of nitrogens with zero attached hydrogens (tertiary/aromatic N) is 1. The second-order valence-corrected chi connectivity index (χ2v) is 5.79. The first-order chi connectivity index (χ1) is 10.6. The van der Waals surface area contributed by atoms with E-state index in [4.69, 9.17) is 9.47 Å². The van der Waals surface area contributed by atoms with E-state index >= 15 is 0 Å². The minimum Gasteiger partial charge on any atom is -0.497 e. The number of benzene rings is 1. The molecule has 1 aromatic heterocycles. The van der Waals surface area contributed by atoms with Crippen molar-refractivity contribution in [1.82, 2.24) is 15.3 Å². The lowest BCUT2D eigenvalue weighted by Gasteiger charge is -2.32. The summed E-state index contributed by atoms with van der Waals surface area (Å²) in [5.41, 5.74) is 1.03. The maximum atomic E-state index is 12.3. The van der Waals surface area contributed by atoms with Crippen LogP contribution in [0.4, 0.5) is 0 Å². The van der Waals surface area contributed by atoms with Gasteiger partial charge in [0.15, 0.2) is 0 Å². The molecule has 22 heavy (non-hydrogen) atoms. The third-order valence-corrected chi connectivity index (χ3v) is 4.10. The van der Waals surface area contributed by atoms with Crippen LogP contribution < -0.4 is 10.1 Å². The van der Waals surface area contributed by atoms with Gasteiger partial charge in [0.25, 0.3) is 5.91 Å². The Morgan fingerprint density at radius 3 is 3.09 bits per heavy atom. The van der Waals surface area contributed by atoms with Crippen LogP contribution in [0.15, 0.2) is 18.2 Å². The van der Waals surface area contributed by atoms with Crippen LogP contribution in [-0.2, 0) is 16.1 Å². The summed E-state index contributed by atoms with van der Waals surface area (Å²) in [5.74, 6) is 1.41. The van der Waals surface area contributed by atoms with Crippen molar-refractivity contribution >= 4 is 16.9 Å². The highest BCUT2D eigenvalue weighted by atomic mass is 16.5. The number of hydrogen-bond acceptors (Lipinski definition) is 4. The number of imidazole rings is 1. The summed E-state index contributed by atoms with van der Waals surface area (Å²) in [4.78, 5) is 20.0. The normalized spacial score (nSPS) is 21.7. The largest absolute Gasteiger partial charge is 0.497 e. The molecule has 0 bridgehead atoms. The molecule has 1 aromatic carbocycles. The van der Waals surface area contributed by atoms with Crippen molar-refractivity contribution in [1.29, 1.82) is 0 Å². The summed E-state index contributed by atoms with van der Waals surface area (Å²) in [6.07, 6.45) is 2.80. The number of carbonyl (C=O) groups excluding carboxylic acids is 1. The van der Waals surface area contributed by atoms with Gasteiger partial charge in [-0.1, -0.05) is 0 Å². The molecule has 0 unspecified atom stereocenters. The highest BCUT2D eigenvalue weighted by molar-refractivity contribution is 5.85. The van der Waals surface area contributed by atoms with E-state index < -0.39 is 5.60 Å². The fourth-order valence-corrected chi connectivity index (χ4v) is 2.72. The summed E-state index contributed by atoms with van der Waals surface area (Å²) >= 11 is 0. The third kappa shape index (κ3) is 2.92. The number of amides is 1. The van der Waals surface area contributed by atoms with E-state index in [1.165, 1.54) is 0 Å². The number of H-pyrrole nitrogens is 1. The molecule has 1 atom stereocenters. The lowest BCUT2D eigenvalue weighted by Crippen LogP contribution is -2.48. The Hall–Kier alpha value is -2.08. The van der Waals surface area contributed by atoms with Crippen LogP contribution in [0.2, 0.25) is 0 Å². The number of methoxy groups -OCH3 is 1. The number of carbonyl (C=O) groups is 1. The third-order valence-electron chi connectivity index (χ3n) is 4.10. The Bertz CT molecular complexity index is 674. The van der Waals surface area contributed by atoms with Gasteiger partial charge in [-0.25, -0.2) is 4.98 Å². The average Bonchev–Trinajstić information content (AvgIpc) is 2.95. The molecule has 6 heteroatoms. The molecule has 1 saturated heterocycles. The molecule has 2 aromatic rings. The van der Waals surface area contributed by atoms with Gasteiger partial charge in [-0.15, -0.1) is 0 Å². The Kier molecular flexibility index (Phi) is 4.02. The van der Waals surface area contributed by atoms with Crippen LogP contribution >= 0.6 is 0 Å². The first-order valence-corrected chi connectivity index (χ1v) is 7.56. The Morgan fingerprint density at radius 2 is 2.36 bits per heavy atom. The standard InChI is InChI=1S/C16H21N3O3/c1-16(7-3-4-8-22-16)15(20)17-10-14-18-12-6-5-11(21-2)9-13(12)19-14/h5-6,9H,3-4,7-8,10H2,1-2H3,(H,17,20)(H,18,19)/t16-/m0/s1. The number of ether oxygens (including phenoxy) is 2. The minimum absolute atomic E-state index is 0.0785. The van der Waals surface area contributed by atoms with Crippen molar-refractivity contribution in [3.63, 3.8) is 0 Å². The van der Waals surface area contributed by atoms with Crippen LogP contribution in [0.3, 0.4) is 0 Å². The maximum absolute atomic E-state index is 12.3. The van der Waals surface area contributed by atoms with Crippen LogP contribution in [0.1, 0.15) is 32.0 Å². The molecule has 1 aliphatic heterocycles. The zero-order chi connectivity index (χ0) is 15.6. The van der Waals surface area contributed by atoms with Gasteiger partial charge in [0.2, 0.25) is 0 Å². The first kappa shape index (κ1) is 14.8. The van der Waals surface area contributed by atoms with E-state index in [2.05, 4.69) is 15.3 Å². The Morgan fingerprint density at radius 1 is 1.50 bits per heavy atom. The van der Waals surface area contributed by atoms with Crippen LogP contribution in [0.5, 0.6) is 5.75 Å². The molecule has 0 spiro atoms. The van der Waals surface area contributed by atoms with Gasteiger partial charge in [-0.3, -0.25) is 4.79 Å². The van der Waals surface area contributed by atoms with Crippen molar-refractivity contribution in [3.8, 4) is 5.75 Å². The van der Waals surface area contributed by atoms with Crippen LogP contribution in [0.25, 0.3) is 11.0 Å². The van der Waals surface area contributed by atoms with Crippen molar-refractivity contribution in [3.05, 3.63) is 24.0 Å². The highest BCUT2D eigenvalue weighted by Gasteiger charge is 2.35.